The molecule has 0 saturated carbocycles. The summed E-state index contributed by atoms with van der Waals surface area (Å²) < 4.78 is 53.4. The van der Waals surface area contributed by atoms with Gasteiger partial charge in [-0.1, -0.05) is 30.3 Å². The first kappa shape index (κ1) is 37.4. The molecule has 2 bridgehead atoms. The van der Waals surface area contributed by atoms with E-state index in [4.69, 9.17) is 4.74 Å². The van der Waals surface area contributed by atoms with Crippen LogP contribution in [0.1, 0.15) is 56.6 Å². The van der Waals surface area contributed by atoms with Gasteiger partial charge in [0.1, 0.15) is 30.6 Å². The maximum absolute atomic E-state index is 16.3. The van der Waals surface area contributed by atoms with Crippen LogP contribution in [0.15, 0.2) is 77.6 Å². The monoisotopic (exact) mass is 809 g/mol. The minimum absolute atomic E-state index is 0.0115. The minimum Gasteiger partial charge on any atom is -0.487 e. The molecular formula is C41H40FN7O8S. The Morgan fingerprint density at radius 2 is 1.67 bits per heavy atom. The molecule has 4 saturated heterocycles. The summed E-state index contributed by atoms with van der Waals surface area (Å²) in [6.45, 7) is -0.588. The predicted octanol–water partition coefficient (Wildman–Crippen LogP) is 4.15. The number of ether oxygens (including phenoxy) is 1. The number of hydrogen-bond acceptors (Lipinski definition) is 9. The molecule has 0 spiro atoms. The van der Waals surface area contributed by atoms with Crippen LogP contribution in [-0.4, -0.2) is 59.8 Å². The van der Waals surface area contributed by atoms with Crippen molar-refractivity contribution in [1.29, 1.82) is 0 Å². The lowest BCUT2D eigenvalue weighted by atomic mass is 9.87. The maximum Gasteiger partial charge on any atom is 0.329 e. The number of hydrogen-bond donors (Lipinski definition) is 3. The van der Waals surface area contributed by atoms with Gasteiger partial charge in [-0.25, -0.2) is 18.2 Å². The van der Waals surface area contributed by atoms with Crippen molar-refractivity contribution in [3.63, 3.8) is 0 Å². The molecule has 4 fully saturated rings. The second-order valence-corrected chi connectivity index (χ2v) is 17.1. The van der Waals surface area contributed by atoms with Crippen LogP contribution in [-0.2, 0) is 43.0 Å². The Morgan fingerprint density at radius 3 is 2.38 bits per heavy atom. The van der Waals surface area contributed by atoms with E-state index in [1.807, 2.05) is 53.3 Å². The fourth-order valence-electron chi connectivity index (χ4n) is 9.22. The molecule has 3 N–H and O–H groups in total. The largest absolute Gasteiger partial charge is 0.487 e. The van der Waals surface area contributed by atoms with Gasteiger partial charge >= 0.3 is 15.9 Å². The summed E-state index contributed by atoms with van der Waals surface area (Å²) in [5, 5.41) is 5.77. The summed E-state index contributed by atoms with van der Waals surface area (Å²) in [6.07, 6.45) is 4.23. The number of imide groups is 1. The van der Waals surface area contributed by atoms with Gasteiger partial charge in [-0.15, -0.1) is 0 Å². The molecule has 4 aliphatic rings. The number of piperidine rings is 2. The topological polar surface area (TPSA) is 181 Å². The number of aryl methyl sites for hydroxylation is 1. The van der Waals surface area contributed by atoms with E-state index < -0.39 is 40.4 Å². The molecule has 0 aliphatic carbocycles. The summed E-state index contributed by atoms with van der Waals surface area (Å²) in [5.74, 6) is -2.63. The van der Waals surface area contributed by atoms with Crippen molar-refractivity contribution < 1.29 is 36.7 Å². The lowest BCUT2D eigenvalue weighted by Crippen LogP contribution is -2.44. The highest BCUT2D eigenvalue weighted by Gasteiger charge is 2.42. The van der Waals surface area contributed by atoms with Crippen LogP contribution in [0.2, 0.25) is 0 Å². The van der Waals surface area contributed by atoms with E-state index in [9.17, 15) is 32.4 Å². The molecular weight excluding hydrogens is 770 g/mol. The van der Waals surface area contributed by atoms with E-state index in [1.165, 1.54) is 21.3 Å². The molecule has 9 rings (SSSR count). The van der Waals surface area contributed by atoms with Crippen molar-refractivity contribution in [3.05, 3.63) is 94.7 Å². The number of rotatable bonds is 9. The van der Waals surface area contributed by atoms with Crippen molar-refractivity contribution in [3.8, 4) is 5.75 Å². The van der Waals surface area contributed by atoms with Crippen LogP contribution in [0.5, 0.6) is 5.75 Å². The van der Waals surface area contributed by atoms with Crippen molar-refractivity contribution in [2.75, 3.05) is 21.1 Å². The van der Waals surface area contributed by atoms with Gasteiger partial charge in [0.05, 0.1) is 11.0 Å². The number of carbonyl (C=O) groups is 4. The summed E-state index contributed by atoms with van der Waals surface area (Å²) in [7, 11) is -2.66. The first-order valence-electron chi connectivity index (χ1n) is 19.2. The van der Waals surface area contributed by atoms with E-state index in [0.29, 0.717) is 26.4 Å². The van der Waals surface area contributed by atoms with Crippen LogP contribution in [0.3, 0.4) is 0 Å². The number of fused-ring (bicyclic) bond motifs is 4. The number of halogens is 1. The third-order valence-corrected chi connectivity index (χ3v) is 13.2. The van der Waals surface area contributed by atoms with Gasteiger partial charge in [0, 0.05) is 48.7 Å². The highest BCUT2D eigenvalue weighted by atomic mass is 32.2. The Morgan fingerprint density at radius 1 is 0.914 bits per heavy atom. The van der Waals surface area contributed by atoms with Crippen molar-refractivity contribution in [2.45, 2.75) is 69.7 Å². The van der Waals surface area contributed by atoms with E-state index in [1.54, 1.807) is 19.2 Å². The summed E-state index contributed by atoms with van der Waals surface area (Å²) in [4.78, 5) is 65.7. The third kappa shape index (κ3) is 6.62. The number of nitrogens with one attached hydrogen (secondary N) is 3. The molecule has 5 aromatic rings. The molecule has 4 aliphatic heterocycles. The number of imidazole rings is 1. The number of benzene rings is 4. The first-order chi connectivity index (χ1) is 27.8. The molecule has 15 nitrogen and oxygen atoms in total. The van der Waals surface area contributed by atoms with Crippen LogP contribution in [0.4, 0.5) is 21.5 Å². The molecule has 5 heterocycles. The van der Waals surface area contributed by atoms with Gasteiger partial charge in [0.2, 0.25) is 17.7 Å². The SMILES string of the molecule is Cn1c(=O)n(C2CCC(=O)NC2=O)c2ccc(N3[C@@H]4CC[C@H]3CC(CC(=O)Nc3ccc5c(F)c(N6CC(=O)NS6(=O)=O)c(OCc6ccccc6)cc5c3)C4)cc21. The van der Waals surface area contributed by atoms with Crippen molar-refractivity contribution in [1.82, 2.24) is 19.2 Å². The van der Waals surface area contributed by atoms with E-state index in [0.717, 1.165) is 36.9 Å². The average molecular weight is 810 g/mol. The zero-order valence-electron chi connectivity index (χ0n) is 31.4. The Labute approximate surface area is 331 Å². The van der Waals surface area contributed by atoms with E-state index in [2.05, 4.69) is 15.5 Å². The van der Waals surface area contributed by atoms with Gasteiger partial charge in [0.25, 0.3) is 5.91 Å². The van der Waals surface area contributed by atoms with Crippen LogP contribution < -0.4 is 35.0 Å². The number of nitrogens with zero attached hydrogens (tertiary/aromatic N) is 4. The Bertz CT molecular complexity index is 2700. The Kier molecular flexibility index (Phi) is 9.21. The van der Waals surface area contributed by atoms with Gasteiger partial charge in [-0.2, -0.15) is 8.42 Å². The fourth-order valence-corrected chi connectivity index (χ4v) is 10.4. The molecule has 4 aromatic carbocycles. The quantitative estimate of drug-likeness (QED) is 0.185. The smallest absolute Gasteiger partial charge is 0.329 e. The molecule has 1 aromatic heterocycles. The standard InChI is InChI=1S/C41H40FN7O8S/c1-46-33-20-29(10-12-31(33)49(41(46)54)32-13-14-35(50)44-40(32)53)48-27-8-9-28(48)16-24(15-27)17-36(51)43-26-7-11-30-25(18-26)19-34(57-22-23-5-3-2-4-6-23)39(38(30)42)47-21-37(52)45-58(47,55)56/h2-7,10-12,18-20,24,27-28,32H,8-9,13-17,21-22H2,1H3,(H,43,51)(H,45,52)(H,44,50,53)/t24?,27-,28+,32?. The van der Waals surface area contributed by atoms with Gasteiger partial charge < -0.3 is 15.0 Å². The van der Waals surface area contributed by atoms with Gasteiger partial charge in [0.15, 0.2) is 5.82 Å². The molecule has 2 unspecified atom stereocenters. The minimum atomic E-state index is -4.35. The predicted molar refractivity (Wildman–Crippen MR) is 213 cm³/mol. The molecule has 17 heteroatoms. The van der Waals surface area contributed by atoms with Crippen molar-refractivity contribution >= 4 is 72.7 Å². The molecule has 0 radical (unpaired) electrons. The highest BCUT2D eigenvalue weighted by Crippen LogP contribution is 2.44. The Balaban J connectivity index is 0.909. The summed E-state index contributed by atoms with van der Waals surface area (Å²) >= 11 is 0. The maximum atomic E-state index is 16.3. The molecule has 300 valence electrons. The van der Waals surface area contributed by atoms with Crippen LogP contribution in [0, 0.1) is 11.7 Å². The zero-order chi connectivity index (χ0) is 40.5. The van der Waals surface area contributed by atoms with E-state index >= 15 is 4.39 Å². The second kappa shape index (κ2) is 14.3. The normalized spacial score (nSPS) is 22.7. The molecule has 58 heavy (non-hydrogen) atoms. The first-order valence-corrected chi connectivity index (χ1v) is 20.7. The number of amides is 4. The van der Waals surface area contributed by atoms with E-state index in [-0.39, 0.29) is 78.2 Å². The summed E-state index contributed by atoms with van der Waals surface area (Å²) in [6, 6.07) is 20.7. The van der Waals surface area contributed by atoms with Gasteiger partial charge in [-0.3, -0.25) is 33.6 Å². The summed E-state index contributed by atoms with van der Waals surface area (Å²) in [5.41, 5.74) is 2.81. The number of anilines is 3. The second-order valence-electron chi connectivity index (χ2n) is 15.5. The lowest BCUT2D eigenvalue weighted by molar-refractivity contribution is -0.135. The van der Waals surface area contributed by atoms with Crippen LogP contribution >= 0.6 is 0 Å². The fraction of sp³-hybridized carbons (Fsp3) is 0.341. The zero-order valence-corrected chi connectivity index (χ0v) is 32.3. The van der Waals surface area contributed by atoms with Crippen LogP contribution in [0.25, 0.3) is 21.8 Å². The molecule has 4 atom stereocenters. The highest BCUT2D eigenvalue weighted by molar-refractivity contribution is 7.92. The number of aromatic nitrogens is 2. The lowest BCUT2D eigenvalue weighted by Gasteiger charge is -2.40. The molecule has 4 amide bonds. The third-order valence-electron chi connectivity index (χ3n) is 11.8. The number of carbonyl (C=O) groups excluding carboxylic acids is 4. The average Bonchev–Trinajstić information content (AvgIpc) is 3.72. The van der Waals surface area contributed by atoms with Crippen molar-refractivity contribution in [2.24, 2.45) is 13.0 Å². The van der Waals surface area contributed by atoms with Gasteiger partial charge in [-0.05, 0) is 91.4 Å². The Hall–Kier alpha value is -6.23.